The first kappa shape index (κ1) is 59.5. The quantitative estimate of drug-likeness (QED) is 0.0150. The number of benzene rings is 1. The molecule has 11 heteroatoms. The van der Waals surface area contributed by atoms with Crippen molar-refractivity contribution < 1.29 is 52.1 Å². The van der Waals surface area contributed by atoms with E-state index in [9.17, 15) is 17.8 Å². The minimum absolute atomic E-state index is 0. The average molecular weight is 992 g/mol. The Morgan fingerprint density at radius 3 is 1.65 bits per heavy atom. The molecule has 0 N–H and O–H groups in total. The van der Waals surface area contributed by atoms with E-state index in [4.69, 9.17) is 4.74 Å². The molecule has 4 heterocycles. The Hall–Kier alpha value is -1.60. The first-order valence-corrected chi connectivity index (χ1v) is 29.4. The van der Waals surface area contributed by atoms with Crippen LogP contribution in [-0.4, -0.2) is 18.9 Å². The van der Waals surface area contributed by atoms with Crippen LogP contribution in [0.5, 0.6) is 5.75 Å². The van der Waals surface area contributed by atoms with Crippen molar-refractivity contribution in [2.24, 2.45) is 0 Å². The van der Waals surface area contributed by atoms with E-state index in [1.165, 1.54) is 149 Å². The fraction of sp³-hybridized carbons (Fsp3) is 0.574. The van der Waals surface area contributed by atoms with Crippen molar-refractivity contribution in [3.05, 3.63) is 112 Å². The molecule has 0 aliphatic rings. The van der Waals surface area contributed by atoms with Crippen molar-refractivity contribution in [2.75, 3.05) is 0 Å². The molecule has 1 atom stereocenters. The van der Waals surface area contributed by atoms with Gasteiger partial charge in [-0.25, -0.2) is 8.42 Å². The van der Waals surface area contributed by atoms with Gasteiger partial charge in [-0.2, -0.15) is 22.7 Å². The van der Waals surface area contributed by atoms with Gasteiger partial charge in [0.05, 0.1) is 10.8 Å². The number of carbonyl (C=O) groups excluding carboxylic acids is 1. The summed E-state index contributed by atoms with van der Waals surface area (Å²) in [5.74, 6) is -0.537. The molecule has 0 aliphatic carbocycles. The normalized spacial score (nSPS) is 11.5. The summed E-state index contributed by atoms with van der Waals surface area (Å²) < 4.78 is 42.3. The van der Waals surface area contributed by atoms with Gasteiger partial charge < -0.3 is 9.29 Å². The zero-order valence-electron chi connectivity index (χ0n) is 40.8. The van der Waals surface area contributed by atoms with Crippen LogP contribution in [0, 0.1) is 13.8 Å². The second-order valence-electron chi connectivity index (χ2n) is 17.2. The van der Waals surface area contributed by atoms with E-state index >= 15 is 0 Å². The molecular weight excluding hydrogens is 912 g/mol. The monoisotopic (exact) mass is 990 g/mol. The zero-order chi connectivity index (χ0) is 46.3. The maximum atomic E-state index is 13.8. The van der Waals surface area contributed by atoms with Crippen LogP contribution in [-0.2, 0) is 40.6 Å². The molecule has 0 fully saturated rings. The Bertz CT molecular complexity index is 2000. The Kier molecular flexibility index (Phi) is 33.3. The van der Waals surface area contributed by atoms with Gasteiger partial charge in [-0.3, -0.25) is 4.79 Å². The Labute approximate surface area is 433 Å². The van der Waals surface area contributed by atoms with Crippen LogP contribution in [0.25, 0.3) is 0 Å². The van der Waals surface area contributed by atoms with Gasteiger partial charge in [-0.05, 0) is 139 Å². The summed E-state index contributed by atoms with van der Waals surface area (Å²) in [7, 11) is -4.65. The number of unbranched alkanes of at least 4 members (excludes halogenated alkanes) is 18. The minimum atomic E-state index is -4.65. The maximum Gasteiger partial charge on any atom is 1.00 e. The standard InChI is InChI=1S/C40H60O5S3.C10H16S.C4H4S.Na/c1-5-7-9-11-12-13-14-15-16-17-18-19-21-23-34-28-35(25-27-39(34)48(42,43)44)45-40(41)37(30-36-26-24-31(3)46-36)38-29-33(32(4)47-38)22-20-10-8-6-2;1-2-3-4-5-6-10-7-8-11-9-10;1-2-4-5-3-1;/h24-29,37H,5-23,30H2,1-4H3,(H,42,43,44);7-9H,2-6H2,1H3;1-4H;/q;;;+1/p-1. The molecule has 5 rings (SSSR count). The van der Waals surface area contributed by atoms with Crippen molar-refractivity contribution in [3.8, 4) is 5.75 Å². The van der Waals surface area contributed by atoms with Crippen LogP contribution in [0.1, 0.15) is 198 Å². The van der Waals surface area contributed by atoms with Crippen LogP contribution < -0.4 is 34.3 Å². The molecule has 65 heavy (non-hydrogen) atoms. The van der Waals surface area contributed by atoms with E-state index in [1.54, 1.807) is 51.4 Å². The molecule has 356 valence electrons. The van der Waals surface area contributed by atoms with Gasteiger partial charge in [0.15, 0.2) is 0 Å². The summed E-state index contributed by atoms with van der Waals surface area (Å²) in [5.41, 5.74) is 3.26. The molecule has 0 radical (unpaired) electrons. The molecule has 0 bridgehead atoms. The number of carbonyl (C=O) groups is 1. The van der Waals surface area contributed by atoms with Gasteiger partial charge in [0, 0.05) is 19.5 Å². The number of rotatable bonds is 30. The molecule has 0 spiro atoms. The van der Waals surface area contributed by atoms with Crippen LogP contribution in [0.4, 0.5) is 0 Å². The van der Waals surface area contributed by atoms with Gasteiger partial charge in [-0.15, -0.1) is 22.7 Å². The second kappa shape index (κ2) is 36.4. The molecule has 5 nitrogen and oxygen atoms in total. The number of hydrogen-bond donors (Lipinski definition) is 0. The van der Waals surface area contributed by atoms with Gasteiger partial charge in [0.1, 0.15) is 15.9 Å². The molecule has 1 aromatic carbocycles. The molecule has 5 aromatic rings. The molecule has 1 unspecified atom stereocenters. The first-order valence-electron chi connectivity index (χ1n) is 24.5. The molecule has 0 amide bonds. The van der Waals surface area contributed by atoms with Crippen LogP contribution >= 0.6 is 45.3 Å². The maximum absolute atomic E-state index is 13.8. The summed E-state index contributed by atoms with van der Waals surface area (Å²) in [6.07, 6.45) is 29.5. The average Bonchev–Trinajstić information content (AvgIpc) is 4.13. The van der Waals surface area contributed by atoms with Crippen LogP contribution in [0.3, 0.4) is 0 Å². The summed E-state index contributed by atoms with van der Waals surface area (Å²) in [4.78, 5) is 18.2. The third kappa shape index (κ3) is 26.1. The smallest absolute Gasteiger partial charge is 0.744 e. The minimum Gasteiger partial charge on any atom is -0.744 e. The van der Waals surface area contributed by atoms with Crippen molar-refractivity contribution in [1.82, 2.24) is 0 Å². The van der Waals surface area contributed by atoms with E-state index in [1.807, 2.05) is 22.9 Å². The van der Waals surface area contributed by atoms with Crippen molar-refractivity contribution in [3.63, 3.8) is 0 Å². The Balaban J connectivity index is 0.000000710. The molecule has 0 saturated carbocycles. The molecule has 0 aliphatic heterocycles. The largest absolute Gasteiger partial charge is 1.00 e. The summed E-state index contributed by atoms with van der Waals surface area (Å²) in [6, 6.07) is 17.0. The third-order valence-corrected chi connectivity index (χ3v) is 16.1. The van der Waals surface area contributed by atoms with Crippen LogP contribution in [0.15, 0.2) is 81.0 Å². The number of ether oxygens (including phenoxy) is 1. The predicted octanol–water partition coefficient (Wildman–Crippen LogP) is 14.6. The van der Waals surface area contributed by atoms with E-state index in [0.29, 0.717) is 18.4 Å². The SMILES string of the molecule is CCCCCCCCCCCCCCCc1cc(OC(=O)C(Cc2ccc(C)s2)c2cc(CCCCCC)c(C)s2)ccc1S(=O)(=O)[O-].CCCCCCc1ccsc1.[Na+].c1ccsc1. The topological polar surface area (TPSA) is 83.5 Å². The fourth-order valence-corrected chi connectivity index (χ4v) is 11.8. The Morgan fingerprint density at radius 2 is 1.15 bits per heavy atom. The van der Waals surface area contributed by atoms with Crippen molar-refractivity contribution in [1.29, 1.82) is 0 Å². The van der Waals surface area contributed by atoms with Gasteiger partial charge in [0.2, 0.25) is 0 Å². The molecule has 4 aromatic heterocycles. The summed E-state index contributed by atoms with van der Waals surface area (Å²) >= 11 is 6.88. The van der Waals surface area contributed by atoms with Gasteiger partial charge >= 0.3 is 35.5 Å². The number of esters is 1. The summed E-state index contributed by atoms with van der Waals surface area (Å²) in [6.45, 7) is 10.9. The van der Waals surface area contributed by atoms with E-state index in [2.05, 4.69) is 69.6 Å². The second-order valence-corrected chi connectivity index (χ2v) is 22.8. The summed E-state index contributed by atoms with van der Waals surface area (Å²) in [5, 5.41) is 8.50. The fourth-order valence-electron chi connectivity index (χ4n) is 7.80. The van der Waals surface area contributed by atoms with Crippen LogP contribution in [0.2, 0.25) is 0 Å². The number of aryl methyl sites for hydroxylation is 5. The number of hydrogen-bond acceptors (Lipinski definition) is 9. The zero-order valence-corrected chi connectivity index (χ0v) is 46.9. The van der Waals surface area contributed by atoms with Crippen molar-refractivity contribution in [2.45, 2.75) is 206 Å². The van der Waals surface area contributed by atoms with E-state index in [-0.39, 0.29) is 46.2 Å². The predicted molar refractivity (Wildman–Crippen MR) is 278 cm³/mol. The van der Waals surface area contributed by atoms with E-state index < -0.39 is 16.0 Å². The Morgan fingerprint density at radius 1 is 0.615 bits per heavy atom. The van der Waals surface area contributed by atoms with Gasteiger partial charge in [0.25, 0.3) is 0 Å². The first-order chi connectivity index (χ1) is 31.0. The van der Waals surface area contributed by atoms with Crippen molar-refractivity contribution >= 4 is 61.4 Å². The number of thiophene rings is 4. The molecule has 0 saturated heterocycles. The third-order valence-electron chi connectivity index (χ3n) is 11.6. The molecular formula is C54H79NaO5S5. The van der Waals surface area contributed by atoms with E-state index in [0.717, 1.165) is 41.9 Å². The van der Waals surface area contributed by atoms with Gasteiger partial charge in [-0.1, -0.05) is 148 Å².